The Bertz CT molecular complexity index is 1100. The molecule has 0 aliphatic heterocycles. The minimum atomic E-state index is -0.783. The van der Waals surface area contributed by atoms with Crippen LogP contribution in [0.5, 0.6) is 5.75 Å². The molecule has 2 aromatic carbocycles. The predicted octanol–water partition coefficient (Wildman–Crippen LogP) is 5.30. The zero-order valence-corrected chi connectivity index (χ0v) is 20.0. The van der Waals surface area contributed by atoms with Crippen LogP contribution in [0.4, 0.5) is 5.13 Å². The van der Waals surface area contributed by atoms with E-state index in [1.54, 1.807) is 7.11 Å². The van der Waals surface area contributed by atoms with Crippen LogP contribution in [-0.4, -0.2) is 35.2 Å². The molecule has 3 aromatic rings. The van der Waals surface area contributed by atoms with E-state index in [-0.39, 0.29) is 17.4 Å². The highest BCUT2D eigenvalue weighted by atomic mass is 35.5. The first-order valence-corrected chi connectivity index (χ1v) is 11.4. The van der Waals surface area contributed by atoms with Gasteiger partial charge in [0.05, 0.1) is 7.11 Å². The molecule has 0 radical (unpaired) electrons. The van der Waals surface area contributed by atoms with Crippen molar-refractivity contribution in [2.45, 2.75) is 26.3 Å². The van der Waals surface area contributed by atoms with Gasteiger partial charge in [0.25, 0.3) is 5.91 Å². The fourth-order valence-corrected chi connectivity index (χ4v) is 4.21. The molecular formula is C22H22Cl2N4O3S. The maximum absolute atomic E-state index is 13.0. The number of halogens is 2. The number of nitrogens with one attached hydrogen (secondary N) is 2. The molecule has 0 aliphatic rings. The zero-order valence-electron chi connectivity index (χ0n) is 17.7. The van der Waals surface area contributed by atoms with Crippen molar-refractivity contribution < 1.29 is 14.3 Å². The number of hydrogen-bond donors (Lipinski definition) is 2. The number of methoxy groups -OCH3 is 1. The Morgan fingerprint density at radius 2 is 1.84 bits per heavy atom. The van der Waals surface area contributed by atoms with Crippen molar-refractivity contribution >= 4 is 51.5 Å². The molecule has 1 aromatic heterocycles. The molecule has 0 fully saturated rings. The molecule has 168 valence electrons. The topological polar surface area (TPSA) is 93.2 Å². The Morgan fingerprint density at radius 3 is 2.50 bits per heavy atom. The highest BCUT2D eigenvalue weighted by Gasteiger charge is 2.27. The number of benzene rings is 2. The average molecular weight is 493 g/mol. The summed E-state index contributed by atoms with van der Waals surface area (Å²) in [7, 11) is 1.59. The van der Waals surface area contributed by atoms with Gasteiger partial charge in [-0.25, -0.2) is 0 Å². The summed E-state index contributed by atoms with van der Waals surface area (Å²) in [5, 5.41) is 15.4. The van der Waals surface area contributed by atoms with Gasteiger partial charge < -0.3 is 10.1 Å². The third-order valence-electron chi connectivity index (χ3n) is 4.88. The smallest absolute Gasteiger partial charge is 0.252 e. The van der Waals surface area contributed by atoms with Crippen LogP contribution in [0.15, 0.2) is 42.5 Å². The van der Waals surface area contributed by atoms with E-state index in [1.807, 2.05) is 38.1 Å². The van der Waals surface area contributed by atoms with Gasteiger partial charge in [-0.3, -0.25) is 14.9 Å². The molecule has 10 heteroatoms. The SMILES string of the molecule is CCC(C)C(NC(=O)c1cc(Cl)cc(Cl)c1)C(=O)Nc1nnc(-c2cccc(OC)c2)s1. The molecule has 1 heterocycles. The van der Waals surface area contributed by atoms with Crippen molar-refractivity contribution in [2.75, 3.05) is 12.4 Å². The van der Waals surface area contributed by atoms with Crippen molar-refractivity contribution in [1.29, 1.82) is 0 Å². The van der Waals surface area contributed by atoms with Gasteiger partial charge in [0.2, 0.25) is 11.0 Å². The number of amides is 2. The molecule has 0 saturated heterocycles. The summed E-state index contributed by atoms with van der Waals surface area (Å²) in [5.41, 5.74) is 1.10. The molecular weight excluding hydrogens is 471 g/mol. The maximum atomic E-state index is 13.0. The quantitative estimate of drug-likeness (QED) is 0.444. The van der Waals surface area contributed by atoms with Gasteiger partial charge in [-0.15, -0.1) is 10.2 Å². The molecule has 2 atom stereocenters. The second-order valence-corrected chi connectivity index (χ2v) is 8.98. The molecule has 0 bridgehead atoms. The lowest BCUT2D eigenvalue weighted by molar-refractivity contribution is -0.119. The number of nitrogens with zero attached hydrogens (tertiary/aromatic N) is 2. The molecule has 2 unspecified atom stereocenters. The van der Waals surface area contributed by atoms with Crippen LogP contribution in [-0.2, 0) is 4.79 Å². The zero-order chi connectivity index (χ0) is 23.3. The van der Waals surface area contributed by atoms with Crippen LogP contribution in [0.1, 0.15) is 30.6 Å². The molecule has 32 heavy (non-hydrogen) atoms. The van der Waals surface area contributed by atoms with Crippen molar-refractivity contribution in [3.63, 3.8) is 0 Å². The van der Waals surface area contributed by atoms with E-state index in [1.165, 1.54) is 29.5 Å². The number of aromatic nitrogens is 2. The van der Waals surface area contributed by atoms with Gasteiger partial charge in [0.1, 0.15) is 16.8 Å². The Balaban J connectivity index is 1.75. The van der Waals surface area contributed by atoms with Crippen LogP contribution in [0.2, 0.25) is 10.0 Å². The Kier molecular flexibility index (Phi) is 8.06. The first kappa shape index (κ1) is 24.0. The molecule has 2 amide bonds. The Hall–Kier alpha value is -2.68. The first-order valence-electron chi connectivity index (χ1n) is 9.86. The van der Waals surface area contributed by atoms with E-state index in [4.69, 9.17) is 27.9 Å². The summed E-state index contributed by atoms with van der Waals surface area (Å²) in [6.45, 7) is 3.83. The standard InChI is InChI=1S/C22H22Cl2N4O3S/c1-4-12(2)18(25-19(29)14-8-15(23)11-16(24)9-14)20(30)26-22-28-27-21(32-22)13-6-5-7-17(10-13)31-3/h5-12,18H,4H2,1-3H3,(H,25,29)(H,26,28,30). The number of ether oxygens (including phenoxy) is 1. The monoisotopic (exact) mass is 492 g/mol. The molecule has 2 N–H and O–H groups in total. The summed E-state index contributed by atoms with van der Waals surface area (Å²) in [4.78, 5) is 25.7. The number of carbonyl (C=O) groups excluding carboxylic acids is 2. The summed E-state index contributed by atoms with van der Waals surface area (Å²) >= 11 is 13.2. The maximum Gasteiger partial charge on any atom is 0.252 e. The largest absolute Gasteiger partial charge is 0.497 e. The van der Waals surface area contributed by atoms with Crippen LogP contribution in [0, 0.1) is 5.92 Å². The number of anilines is 1. The minimum absolute atomic E-state index is 0.126. The molecule has 0 aliphatic carbocycles. The summed E-state index contributed by atoms with van der Waals surface area (Å²) in [5.74, 6) is -0.248. The second-order valence-electron chi connectivity index (χ2n) is 7.13. The molecule has 7 nitrogen and oxygen atoms in total. The fourth-order valence-electron chi connectivity index (χ4n) is 2.94. The number of hydrogen-bond acceptors (Lipinski definition) is 6. The summed E-state index contributed by atoms with van der Waals surface area (Å²) < 4.78 is 5.24. The first-order chi connectivity index (χ1) is 15.3. The van der Waals surface area contributed by atoms with E-state index >= 15 is 0 Å². The highest BCUT2D eigenvalue weighted by Crippen LogP contribution is 2.29. The normalized spacial score (nSPS) is 12.7. The van der Waals surface area contributed by atoms with Gasteiger partial charge in [0.15, 0.2) is 0 Å². The van der Waals surface area contributed by atoms with Crippen LogP contribution in [0.25, 0.3) is 10.6 Å². The highest BCUT2D eigenvalue weighted by molar-refractivity contribution is 7.18. The number of carbonyl (C=O) groups is 2. The van der Waals surface area contributed by atoms with Crippen LogP contribution in [0.3, 0.4) is 0 Å². The molecule has 0 saturated carbocycles. The third kappa shape index (κ3) is 5.97. The van der Waals surface area contributed by atoms with Crippen LogP contribution < -0.4 is 15.4 Å². The lowest BCUT2D eigenvalue weighted by Crippen LogP contribution is -2.47. The summed E-state index contributed by atoms with van der Waals surface area (Å²) in [6, 6.07) is 11.2. The second kappa shape index (κ2) is 10.8. The Labute approximate surface area is 200 Å². The van der Waals surface area contributed by atoms with Gasteiger partial charge in [-0.05, 0) is 36.2 Å². The van der Waals surface area contributed by atoms with Gasteiger partial charge >= 0.3 is 0 Å². The van der Waals surface area contributed by atoms with Gasteiger partial charge in [-0.2, -0.15) is 0 Å². The Morgan fingerprint density at radius 1 is 1.12 bits per heavy atom. The summed E-state index contributed by atoms with van der Waals surface area (Å²) in [6.07, 6.45) is 0.680. The van der Waals surface area contributed by atoms with E-state index in [0.717, 1.165) is 5.56 Å². The average Bonchev–Trinajstić information content (AvgIpc) is 3.24. The molecule has 3 rings (SSSR count). The fraction of sp³-hybridized carbons (Fsp3) is 0.273. The molecule has 0 spiro atoms. The lowest BCUT2D eigenvalue weighted by Gasteiger charge is -2.23. The van der Waals surface area contributed by atoms with Crippen molar-refractivity contribution in [1.82, 2.24) is 15.5 Å². The van der Waals surface area contributed by atoms with Crippen LogP contribution >= 0.6 is 34.5 Å². The van der Waals surface area contributed by atoms with Gasteiger partial charge in [-0.1, -0.05) is 66.9 Å². The van der Waals surface area contributed by atoms with E-state index in [0.29, 0.717) is 32.4 Å². The minimum Gasteiger partial charge on any atom is -0.497 e. The lowest BCUT2D eigenvalue weighted by atomic mass is 9.98. The van der Waals surface area contributed by atoms with E-state index < -0.39 is 11.9 Å². The predicted molar refractivity (Wildman–Crippen MR) is 128 cm³/mol. The number of rotatable bonds is 8. The van der Waals surface area contributed by atoms with Crippen molar-refractivity contribution in [3.8, 4) is 16.3 Å². The van der Waals surface area contributed by atoms with E-state index in [2.05, 4.69) is 20.8 Å². The van der Waals surface area contributed by atoms with Gasteiger partial charge in [0, 0.05) is 21.2 Å². The van der Waals surface area contributed by atoms with Crippen molar-refractivity contribution in [3.05, 3.63) is 58.1 Å². The third-order valence-corrected chi connectivity index (χ3v) is 6.20. The van der Waals surface area contributed by atoms with Crippen molar-refractivity contribution in [2.24, 2.45) is 5.92 Å². The van der Waals surface area contributed by atoms with E-state index in [9.17, 15) is 9.59 Å².